The Bertz CT molecular complexity index is 1030. The van der Waals surface area contributed by atoms with Gasteiger partial charge in [-0.1, -0.05) is 6.07 Å². The molecule has 0 amide bonds. The van der Waals surface area contributed by atoms with E-state index in [4.69, 9.17) is 4.74 Å². The second-order valence-electron chi connectivity index (χ2n) is 6.41. The molecule has 1 aromatic carbocycles. The van der Waals surface area contributed by atoms with Crippen molar-refractivity contribution in [2.75, 3.05) is 13.7 Å². The zero-order valence-electron chi connectivity index (χ0n) is 14.7. The lowest BCUT2D eigenvalue weighted by molar-refractivity contribution is 0.239. The molecular weight excluding hydrogens is 369 g/mol. The van der Waals surface area contributed by atoms with Crippen LogP contribution in [0, 0.1) is 5.82 Å². The summed E-state index contributed by atoms with van der Waals surface area (Å²) < 4.78 is 18.9. The Kier molecular flexibility index (Phi) is 4.67. The van der Waals surface area contributed by atoms with E-state index in [0.717, 1.165) is 10.6 Å². The van der Waals surface area contributed by atoms with E-state index in [1.54, 1.807) is 6.07 Å². The van der Waals surface area contributed by atoms with Gasteiger partial charge in [-0.15, -0.1) is 11.3 Å². The molecule has 1 aliphatic rings. The third kappa shape index (κ3) is 3.45. The molecule has 1 aliphatic heterocycles. The molecule has 4 rings (SSSR count). The normalized spacial score (nSPS) is 14.1. The SMILES string of the molecule is COc1cc(CN2CCc3c(nc(-c4cccs4)[nH]c3=O)C2)cc(F)c1O. The summed E-state index contributed by atoms with van der Waals surface area (Å²) in [6.07, 6.45) is 0.583. The molecule has 3 aromatic rings. The Morgan fingerprint density at radius 2 is 2.30 bits per heavy atom. The molecular formula is C19H18FN3O3S. The molecule has 0 saturated heterocycles. The minimum atomic E-state index is -0.712. The van der Waals surface area contributed by atoms with Crippen LogP contribution < -0.4 is 10.3 Å². The van der Waals surface area contributed by atoms with Crippen LogP contribution in [0.5, 0.6) is 11.5 Å². The van der Waals surface area contributed by atoms with Crippen LogP contribution in [0.25, 0.3) is 10.7 Å². The topological polar surface area (TPSA) is 78.5 Å². The maximum Gasteiger partial charge on any atom is 0.254 e. The first-order valence-electron chi connectivity index (χ1n) is 8.49. The summed E-state index contributed by atoms with van der Waals surface area (Å²) >= 11 is 1.52. The molecule has 0 spiro atoms. The van der Waals surface area contributed by atoms with Crippen molar-refractivity contribution in [2.24, 2.45) is 0 Å². The number of phenolic OH excluding ortho intramolecular Hbond substituents is 1. The zero-order valence-corrected chi connectivity index (χ0v) is 15.5. The highest BCUT2D eigenvalue weighted by Crippen LogP contribution is 2.31. The van der Waals surface area contributed by atoms with Crippen molar-refractivity contribution >= 4 is 11.3 Å². The number of phenols is 1. The zero-order chi connectivity index (χ0) is 19.0. The molecule has 0 aliphatic carbocycles. The maximum absolute atomic E-state index is 13.9. The van der Waals surface area contributed by atoms with Crippen LogP contribution in [0.15, 0.2) is 34.4 Å². The number of thiophene rings is 1. The fraction of sp³-hybridized carbons (Fsp3) is 0.263. The molecule has 140 valence electrons. The monoisotopic (exact) mass is 387 g/mol. The predicted octanol–water partition coefficient (Wildman–Crippen LogP) is 2.91. The number of rotatable bonds is 4. The van der Waals surface area contributed by atoms with Gasteiger partial charge >= 0.3 is 0 Å². The van der Waals surface area contributed by atoms with E-state index in [9.17, 15) is 14.3 Å². The van der Waals surface area contributed by atoms with E-state index >= 15 is 0 Å². The number of aromatic amines is 1. The van der Waals surface area contributed by atoms with Gasteiger partial charge in [-0.25, -0.2) is 9.37 Å². The molecule has 0 bridgehead atoms. The highest BCUT2D eigenvalue weighted by Gasteiger charge is 2.22. The smallest absolute Gasteiger partial charge is 0.254 e. The van der Waals surface area contributed by atoms with Crippen LogP contribution in [-0.4, -0.2) is 33.6 Å². The quantitative estimate of drug-likeness (QED) is 0.720. The summed E-state index contributed by atoms with van der Waals surface area (Å²) in [5, 5.41) is 11.6. The molecule has 0 fully saturated rings. The Balaban J connectivity index is 1.60. The molecule has 2 N–H and O–H groups in total. The van der Waals surface area contributed by atoms with Crippen molar-refractivity contribution < 1.29 is 14.2 Å². The van der Waals surface area contributed by atoms with Crippen LogP contribution >= 0.6 is 11.3 Å². The Morgan fingerprint density at radius 3 is 3.04 bits per heavy atom. The van der Waals surface area contributed by atoms with Gasteiger partial charge in [-0.2, -0.15) is 0 Å². The van der Waals surface area contributed by atoms with E-state index < -0.39 is 11.6 Å². The van der Waals surface area contributed by atoms with Crippen LogP contribution in [-0.2, 0) is 19.5 Å². The van der Waals surface area contributed by atoms with E-state index in [2.05, 4.69) is 14.9 Å². The summed E-state index contributed by atoms with van der Waals surface area (Å²) in [5.41, 5.74) is 2.05. The molecule has 0 radical (unpaired) electrons. The number of hydrogen-bond donors (Lipinski definition) is 2. The molecule has 0 saturated carbocycles. The van der Waals surface area contributed by atoms with Gasteiger partial charge < -0.3 is 14.8 Å². The lowest BCUT2D eigenvalue weighted by Crippen LogP contribution is -2.35. The highest BCUT2D eigenvalue weighted by atomic mass is 32.1. The van der Waals surface area contributed by atoms with Gasteiger partial charge in [0.05, 0.1) is 17.7 Å². The number of hydrogen-bond acceptors (Lipinski definition) is 6. The van der Waals surface area contributed by atoms with E-state index in [-0.39, 0.29) is 11.3 Å². The first-order valence-corrected chi connectivity index (χ1v) is 9.37. The second-order valence-corrected chi connectivity index (χ2v) is 7.35. The number of aromatic hydroxyl groups is 1. The third-order valence-corrected chi connectivity index (χ3v) is 5.50. The summed E-state index contributed by atoms with van der Waals surface area (Å²) in [4.78, 5) is 22.9. The third-order valence-electron chi connectivity index (χ3n) is 4.62. The van der Waals surface area contributed by atoms with Gasteiger partial charge in [0.15, 0.2) is 23.1 Å². The summed E-state index contributed by atoms with van der Waals surface area (Å²) in [7, 11) is 1.39. The summed E-state index contributed by atoms with van der Waals surface area (Å²) in [5.74, 6) is -0.514. The van der Waals surface area contributed by atoms with Crippen LogP contribution in [0.4, 0.5) is 4.39 Å². The summed E-state index contributed by atoms with van der Waals surface area (Å²) in [6, 6.07) is 6.76. The van der Waals surface area contributed by atoms with Gasteiger partial charge in [0.1, 0.15) is 0 Å². The largest absolute Gasteiger partial charge is 0.502 e. The number of nitrogens with one attached hydrogen (secondary N) is 1. The van der Waals surface area contributed by atoms with Crippen LogP contribution in [0.1, 0.15) is 16.8 Å². The first kappa shape index (κ1) is 17.7. The van der Waals surface area contributed by atoms with Crippen molar-refractivity contribution in [1.82, 2.24) is 14.9 Å². The lowest BCUT2D eigenvalue weighted by atomic mass is 10.1. The lowest BCUT2D eigenvalue weighted by Gasteiger charge is -2.27. The number of fused-ring (bicyclic) bond motifs is 1. The van der Waals surface area contributed by atoms with Crippen LogP contribution in [0.3, 0.4) is 0 Å². The van der Waals surface area contributed by atoms with Crippen molar-refractivity contribution in [1.29, 1.82) is 0 Å². The number of ether oxygens (including phenoxy) is 1. The number of nitrogens with zero attached hydrogens (tertiary/aromatic N) is 2. The van der Waals surface area contributed by atoms with Gasteiger partial charge in [0, 0.05) is 25.2 Å². The van der Waals surface area contributed by atoms with Gasteiger partial charge in [0.25, 0.3) is 5.56 Å². The van der Waals surface area contributed by atoms with Crippen molar-refractivity contribution in [2.45, 2.75) is 19.5 Å². The molecule has 6 nitrogen and oxygen atoms in total. The molecule has 8 heteroatoms. The Morgan fingerprint density at radius 1 is 1.44 bits per heavy atom. The highest BCUT2D eigenvalue weighted by molar-refractivity contribution is 7.13. The van der Waals surface area contributed by atoms with Gasteiger partial charge in [-0.05, 0) is 35.6 Å². The molecule has 0 unspecified atom stereocenters. The Labute approximate surface area is 158 Å². The number of benzene rings is 1. The first-order chi connectivity index (χ1) is 13.0. The van der Waals surface area contributed by atoms with E-state index in [1.807, 2.05) is 17.5 Å². The van der Waals surface area contributed by atoms with Crippen molar-refractivity contribution in [3.05, 3.63) is 62.6 Å². The second kappa shape index (κ2) is 7.13. The number of halogens is 1. The maximum atomic E-state index is 13.9. The molecule has 2 aromatic heterocycles. The van der Waals surface area contributed by atoms with Crippen molar-refractivity contribution in [3.8, 4) is 22.2 Å². The number of aromatic nitrogens is 2. The Hall–Kier alpha value is -2.71. The molecule has 0 atom stereocenters. The minimum Gasteiger partial charge on any atom is -0.502 e. The molecule has 3 heterocycles. The fourth-order valence-electron chi connectivity index (χ4n) is 3.29. The predicted molar refractivity (Wildman–Crippen MR) is 101 cm³/mol. The summed E-state index contributed by atoms with van der Waals surface area (Å²) in [6.45, 7) is 1.64. The number of methoxy groups -OCH3 is 1. The van der Waals surface area contributed by atoms with Gasteiger partial charge in [0.2, 0.25) is 0 Å². The fourth-order valence-corrected chi connectivity index (χ4v) is 3.96. The van der Waals surface area contributed by atoms with Gasteiger partial charge in [-0.3, -0.25) is 9.69 Å². The van der Waals surface area contributed by atoms with Crippen molar-refractivity contribution in [3.63, 3.8) is 0 Å². The van der Waals surface area contributed by atoms with Crippen LogP contribution in [0.2, 0.25) is 0 Å². The minimum absolute atomic E-state index is 0.0969. The van der Waals surface area contributed by atoms with E-state index in [1.165, 1.54) is 24.5 Å². The number of H-pyrrole nitrogens is 1. The van der Waals surface area contributed by atoms with E-state index in [0.29, 0.717) is 43.0 Å². The average Bonchev–Trinajstić information content (AvgIpc) is 3.19. The molecule has 27 heavy (non-hydrogen) atoms. The average molecular weight is 387 g/mol. The standard InChI is InChI=1S/C19H18FN3O3S/c1-26-15-8-11(7-13(20)17(15)24)9-23-5-4-12-14(10-23)21-18(22-19(12)25)16-3-2-6-27-16/h2-3,6-8,24H,4-5,9-10H2,1H3,(H,21,22,25).